The van der Waals surface area contributed by atoms with Crippen LogP contribution in [0.15, 0.2) is 49.3 Å². The van der Waals surface area contributed by atoms with E-state index in [-0.39, 0.29) is 34.5 Å². The zero-order valence-corrected chi connectivity index (χ0v) is 18.1. The number of pyridine rings is 1. The molecule has 2 heterocycles. The summed E-state index contributed by atoms with van der Waals surface area (Å²) >= 11 is 0. The van der Waals surface area contributed by atoms with Crippen LogP contribution in [0.2, 0.25) is 0 Å². The summed E-state index contributed by atoms with van der Waals surface area (Å²) < 4.78 is 59.3. The number of anilines is 5. The first-order valence-corrected chi connectivity index (χ1v) is 9.75. The first-order valence-electron chi connectivity index (χ1n) is 9.75. The number of hydrogen-bond donors (Lipinski definition) is 3. The number of rotatable bonds is 8. The zero-order valence-electron chi connectivity index (χ0n) is 18.1. The van der Waals surface area contributed by atoms with Crippen LogP contribution >= 0.6 is 0 Å². The first kappa shape index (κ1) is 24.4. The van der Waals surface area contributed by atoms with Gasteiger partial charge in [0.05, 0.1) is 24.2 Å². The maximum atomic E-state index is 13.7. The molecule has 0 radical (unpaired) electrons. The molecule has 0 fully saturated rings. The van der Waals surface area contributed by atoms with Crippen molar-refractivity contribution in [1.29, 1.82) is 0 Å². The molecule has 3 aromatic rings. The number of alkyl halides is 4. The lowest BCUT2D eigenvalue weighted by molar-refractivity contribution is -0.137. The fraction of sp³-hybridized carbons (Fsp3) is 0.182. The second kappa shape index (κ2) is 10.1. The molecule has 1 aromatic carbocycles. The highest BCUT2D eigenvalue weighted by molar-refractivity contribution is 6.01. The van der Waals surface area contributed by atoms with Gasteiger partial charge in [-0.25, -0.2) is 14.4 Å². The lowest BCUT2D eigenvalue weighted by Gasteiger charge is -2.18. The number of methoxy groups -OCH3 is 1. The minimum absolute atomic E-state index is 0.131. The second-order valence-electron chi connectivity index (χ2n) is 6.96. The standard InChI is InChI=1S/C22H20F4N6O2/c1-4-18(33)29-17-7-12(2)5-6-15(17)30-20-14(22(24,25)26)11-28-21(32-20)31-16-8-19(34-3)27-10-13(16)9-23/h4-8,10-11H,1,9H2,2-3H3,(H,29,33)(H2,27,28,30,31,32). The molecule has 3 N–H and O–H groups in total. The minimum atomic E-state index is -4.78. The number of nitrogens with zero attached hydrogens (tertiary/aromatic N) is 3. The summed E-state index contributed by atoms with van der Waals surface area (Å²) in [7, 11) is 1.36. The van der Waals surface area contributed by atoms with Crippen LogP contribution in [0.3, 0.4) is 0 Å². The van der Waals surface area contributed by atoms with Crippen LogP contribution < -0.4 is 20.7 Å². The maximum absolute atomic E-state index is 13.7. The van der Waals surface area contributed by atoms with E-state index in [2.05, 4.69) is 37.5 Å². The summed E-state index contributed by atoms with van der Waals surface area (Å²) in [5.41, 5.74) is 0.311. The summed E-state index contributed by atoms with van der Waals surface area (Å²) in [6.45, 7) is 4.24. The van der Waals surface area contributed by atoms with Gasteiger partial charge in [-0.3, -0.25) is 4.79 Å². The number of carbonyl (C=O) groups is 1. The Kier molecular flexibility index (Phi) is 7.29. The predicted molar refractivity (Wildman–Crippen MR) is 119 cm³/mol. The smallest absolute Gasteiger partial charge is 0.421 e. The first-order chi connectivity index (χ1) is 16.1. The van der Waals surface area contributed by atoms with Gasteiger partial charge in [0.15, 0.2) is 0 Å². The van der Waals surface area contributed by atoms with Crippen molar-refractivity contribution in [2.75, 3.05) is 23.1 Å². The van der Waals surface area contributed by atoms with E-state index in [1.54, 1.807) is 19.1 Å². The molecule has 0 aliphatic heterocycles. The van der Waals surface area contributed by atoms with Gasteiger partial charge >= 0.3 is 6.18 Å². The van der Waals surface area contributed by atoms with E-state index in [4.69, 9.17) is 4.74 Å². The van der Waals surface area contributed by atoms with Crippen LogP contribution in [0.25, 0.3) is 0 Å². The molecule has 1 amide bonds. The molecule has 178 valence electrons. The van der Waals surface area contributed by atoms with E-state index in [1.807, 2.05) is 0 Å². The van der Waals surface area contributed by atoms with Gasteiger partial charge in [0.25, 0.3) is 0 Å². The molecule has 0 bridgehead atoms. The van der Waals surface area contributed by atoms with E-state index >= 15 is 0 Å². The van der Waals surface area contributed by atoms with Crippen molar-refractivity contribution >= 4 is 34.7 Å². The quantitative estimate of drug-likeness (QED) is 0.300. The Labute approximate surface area is 192 Å². The molecule has 34 heavy (non-hydrogen) atoms. The van der Waals surface area contributed by atoms with Crippen molar-refractivity contribution in [3.63, 3.8) is 0 Å². The van der Waals surface area contributed by atoms with Crippen molar-refractivity contribution in [2.24, 2.45) is 0 Å². The predicted octanol–water partition coefficient (Wildman–Crippen LogP) is 5.29. The molecule has 0 saturated heterocycles. The molecule has 0 atom stereocenters. The minimum Gasteiger partial charge on any atom is -0.481 e. The SMILES string of the molecule is C=CC(=O)Nc1cc(C)ccc1Nc1nc(Nc2cc(OC)ncc2CF)ncc1C(F)(F)F. The lowest BCUT2D eigenvalue weighted by atomic mass is 10.1. The number of hydrogen-bond acceptors (Lipinski definition) is 7. The fourth-order valence-corrected chi connectivity index (χ4v) is 2.85. The Hall–Kier alpha value is -4.22. The van der Waals surface area contributed by atoms with E-state index in [1.165, 1.54) is 25.4 Å². The normalized spacial score (nSPS) is 11.0. The Balaban J connectivity index is 2.04. The number of nitrogens with one attached hydrogen (secondary N) is 3. The molecule has 12 heteroatoms. The number of halogens is 4. The monoisotopic (exact) mass is 476 g/mol. The molecule has 0 aliphatic rings. The van der Waals surface area contributed by atoms with Crippen LogP contribution in [0, 0.1) is 6.92 Å². The van der Waals surface area contributed by atoms with E-state index < -0.39 is 30.1 Å². The highest BCUT2D eigenvalue weighted by Crippen LogP contribution is 2.37. The molecule has 2 aromatic heterocycles. The van der Waals surface area contributed by atoms with Gasteiger partial charge in [-0.05, 0) is 30.7 Å². The average molecular weight is 476 g/mol. The van der Waals surface area contributed by atoms with Crippen LogP contribution in [0.5, 0.6) is 5.88 Å². The number of aromatic nitrogens is 3. The van der Waals surface area contributed by atoms with Gasteiger partial charge in [0.1, 0.15) is 18.1 Å². The zero-order chi connectivity index (χ0) is 24.9. The number of ether oxygens (including phenoxy) is 1. The van der Waals surface area contributed by atoms with Crippen molar-refractivity contribution in [1.82, 2.24) is 15.0 Å². The van der Waals surface area contributed by atoms with Gasteiger partial charge in [-0.2, -0.15) is 18.2 Å². The summed E-state index contributed by atoms with van der Waals surface area (Å²) in [6.07, 6.45) is -1.92. The summed E-state index contributed by atoms with van der Waals surface area (Å²) in [5.74, 6) is -1.19. The maximum Gasteiger partial charge on any atom is 0.421 e. The summed E-state index contributed by atoms with van der Waals surface area (Å²) in [6, 6.07) is 6.09. The number of amides is 1. The third kappa shape index (κ3) is 5.77. The molecule has 0 aliphatic carbocycles. The van der Waals surface area contributed by atoms with Gasteiger partial charge in [-0.1, -0.05) is 12.6 Å². The van der Waals surface area contributed by atoms with Crippen molar-refractivity contribution in [3.05, 3.63) is 66.0 Å². The molecule has 8 nitrogen and oxygen atoms in total. The van der Waals surface area contributed by atoms with Crippen LogP contribution in [0.4, 0.5) is 46.4 Å². The molecular weight excluding hydrogens is 456 g/mol. The molecular formula is C22H20F4N6O2. The highest BCUT2D eigenvalue weighted by atomic mass is 19.4. The van der Waals surface area contributed by atoms with Crippen molar-refractivity contribution in [2.45, 2.75) is 19.8 Å². The Morgan fingerprint density at radius 1 is 1.12 bits per heavy atom. The summed E-state index contributed by atoms with van der Waals surface area (Å²) in [5, 5.41) is 7.85. The van der Waals surface area contributed by atoms with Crippen molar-refractivity contribution < 1.29 is 27.1 Å². The molecule has 0 spiro atoms. The van der Waals surface area contributed by atoms with Crippen molar-refractivity contribution in [3.8, 4) is 5.88 Å². The average Bonchev–Trinajstić information content (AvgIpc) is 2.80. The van der Waals surface area contributed by atoms with Gasteiger partial charge in [-0.15, -0.1) is 0 Å². The van der Waals surface area contributed by atoms with Crippen LogP contribution in [-0.2, 0) is 17.6 Å². The third-order valence-corrected chi connectivity index (χ3v) is 4.53. The number of aryl methyl sites for hydroxylation is 1. The van der Waals surface area contributed by atoms with E-state index in [9.17, 15) is 22.4 Å². The van der Waals surface area contributed by atoms with E-state index in [0.29, 0.717) is 6.20 Å². The highest BCUT2D eigenvalue weighted by Gasteiger charge is 2.35. The Bertz CT molecular complexity index is 1220. The third-order valence-electron chi connectivity index (χ3n) is 4.53. The molecule has 3 rings (SSSR count). The fourth-order valence-electron chi connectivity index (χ4n) is 2.85. The van der Waals surface area contributed by atoms with Gasteiger partial charge in [0.2, 0.25) is 17.7 Å². The largest absolute Gasteiger partial charge is 0.481 e. The van der Waals surface area contributed by atoms with Crippen LogP contribution in [0.1, 0.15) is 16.7 Å². The van der Waals surface area contributed by atoms with Gasteiger partial charge in [0, 0.05) is 24.0 Å². The molecule has 0 unspecified atom stereocenters. The van der Waals surface area contributed by atoms with Gasteiger partial charge < -0.3 is 20.7 Å². The topological polar surface area (TPSA) is 101 Å². The Morgan fingerprint density at radius 2 is 1.88 bits per heavy atom. The second-order valence-corrected chi connectivity index (χ2v) is 6.96. The van der Waals surface area contributed by atoms with E-state index in [0.717, 1.165) is 11.6 Å². The number of carbonyl (C=O) groups excluding carboxylic acids is 1. The lowest BCUT2D eigenvalue weighted by Crippen LogP contribution is -2.14. The number of benzene rings is 1. The molecule has 0 saturated carbocycles. The summed E-state index contributed by atoms with van der Waals surface area (Å²) in [4.78, 5) is 23.3. The van der Waals surface area contributed by atoms with Crippen LogP contribution in [-0.4, -0.2) is 28.0 Å². The Morgan fingerprint density at radius 3 is 2.53 bits per heavy atom.